The van der Waals surface area contributed by atoms with E-state index in [9.17, 15) is 9.18 Å². The molecule has 1 fully saturated rings. The molecular weight excluding hydrogens is 289 g/mol. The molecule has 3 rings (SSSR count). The van der Waals surface area contributed by atoms with E-state index >= 15 is 0 Å². The molecule has 4 heteroatoms. The summed E-state index contributed by atoms with van der Waals surface area (Å²) < 4.78 is 12.8. The summed E-state index contributed by atoms with van der Waals surface area (Å²) in [4.78, 5) is 12.0. The Morgan fingerprint density at radius 3 is 2.71 bits per heavy atom. The minimum absolute atomic E-state index is 0.0314. The lowest BCUT2D eigenvalue weighted by Gasteiger charge is -2.05. The van der Waals surface area contributed by atoms with Crippen molar-refractivity contribution in [2.24, 2.45) is 0 Å². The molecule has 1 aliphatic carbocycles. The van der Waals surface area contributed by atoms with Crippen molar-refractivity contribution in [1.82, 2.24) is 5.32 Å². The molecule has 1 N–H and O–H groups in total. The highest BCUT2D eigenvalue weighted by Crippen LogP contribution is 2.41. The molecule has 1 saturated carbocycles. The summed E-state index contributed by atoms with van der Waals surface area (Å²) in [5, 5.41) is 3.73. The zero-order chi connectivity index (χ0) is 14.8. The Hall–Kier alpha value is -1.87. The second-order valence-electron chi connectivity index (χ2n) is 5.37. The minimum atomic E-state index is -0.289. The molecule has 2 aromatic rings. The summed E-state index contributed by atoms with van der Waals surface area (Å²) >= 11 is 5.97. The smallest absolute Gasteiger partial charge is 0.224 e. The van der Waals surface area contributed by atoms with E-state index in [1.165, 1.54) is 12.1 Å². The molecule has 0 aliphatic heterocycles. The molecule has 1 amide bonds. The Kier molecular flexibility index (Phi) is 3.93. The molecule has 0 aromatic heterocycles. The van der Waals surface area contributed by atoms with Crippen LogP contribution in [-0.4, -0.2) is 11.9 Å². The van der Waals surface area contributed by atoms with Crippen LogP contribution >= 0.6 is 11.6 Å². The van der Waals surface area contributed by atoms with Gasteiger partial charge in [-0.2, -0.15) is 0 Å². The third-order valence-corrected chi connectivity index (χ3v) is 3.93. The van der Waals surface area contributed by atoms with E-state index in [0.29, 0.717) is 5.92 Å². The first kappa shape index (κ1) is 14.1. The maximum absolute atomic E-state index is 12.8. The maximum atomic E-state index is 12.8. The summed E-state index contributed by atoms with van der Waals surface area (Å²) in [6.45, 7) is 0. The summed E-state index contributed by atoms with van der Waals surface area (Å²) in [5.41, 5.74) is 1.98. The standard InChI is InChI=1S/C17H15ClFNO/c18-13-3-1-2-12(9-13)15-10-16(15)20-17(21)8-11-4-6-14(19)7-5-11/h1-7,9,15-16H,8,10H2,(H,20,21)/t15-,16+/m0/s1. The number of hydrogen-bond donors (Lipinski definition) is 1. The molecule has 108 valence electrons. The first-order chi connectivity index (χ1) is 10.1. The van der Waals surface area contributed by atoms with Crippen LogP contribution in [0.25, 0.3) is 0 Å². The number of nitrogens with one attached hydrogen (secondary N) is 1. The highest BCUT2D eigenvalue weighted by Gasteiger charge is 2.39. The second-order valence-corrected chi connectivity index (χ2v) is 5.81. The van der Waals surface area contributed by atoms with E-state index in [4.69, 9.17) is 11.6 Å². The topological polar surface area (TPSA) is 29.1 Å². The van der Waals surface area contributed by atoms with Gasteiger partial charge in [-0.1, -0.05) is 35.9 Å². The van der Waals surface area contributed by atoms with Gasteiger partial charge in [-0.15, -0.1) is 0 Å². The summed E-state index contributed by atoms with van der Waals surface area (Å²) in [6, 6.07) is 13.9. The van der Waals surface area contributed by atoms with E-state index in [0.717, 1.165) is 22.6 Å². The fraction of sp³-hybridized carbons (Fsp3) is 0.235. The summed E-state index contributed by atoms with van der Waals surface area (Å²) in [6.07, 6.45) is 1.22. The first-order valence-electron chi connectivity index (χ1n) is 6.91. The predicted molar refractivity (Wildman–Crippen MR) is 80.8 cm³/mol. The van der Waals surface area contributed by atoms with Gasteiger partial charge in [0.1, 0.15) is 5.82 Å². The maximum Gasteiger partial charge on any atom is 0.224 e. The monoisotopic (exact) mass is 303 g/mol. The van der Waals surface area contributed by atoms with Crippen molar-refractivity contribution in [3.63, 3.8) is 0 Å². The van der Waals surface area contributed by atoms with Crippen molar-refractivity contribution in [3.8, 4) is 0 Å². The van der Waals surface area contributed by atoms with Crippen LogP contribution in [0.2, 0.25) is 5.02 Å². The lowest BCUT2D eigenvalue weighted by atomic mass is 10.1. The SMILES string of the molecule is O=C(Cc1ccc(F)cc1)N[C@@H]1C[C@H]1c1cccc(Cl)c1. The molecule has 21 heavy (non-hydrogen) atoms. The van der Waals surface area contributed by atoms with Crippen molar-refractivity contribution in [3.05, 3.63) is 70.5 Å². The van der Waals surface area contributed by atoms with Gasteiger partial charge in [0.25, 0.3) is 0 Å². The third-order valence-electron chi connectivity index (χ3n) is 3.69. The molecule has 2 nitrogen and oxygen atoms in total. The van der Waals surface area contributed by atoms with Crippen LogP contribution < -0.4 is 5.32 Å². The fourth-order valence-corrected chi connectivity index (χ4v) is 2.70. The van der Waals surface area contributed by atoms with Crippen LogP contribution in [0.15, 0.2) is 48.5 Å². The minimum Gasteiger partial charge on any atom is -0.352 e. The van der Waals surface area contributed by atoms with Crippen molar-refractivity contribution in [2.75, 3.05) is 0 Å². The van der Waals surface area contributed by atoms with Crippen molar-refractivity contribution in [1.29, 1.82) is 0 Å². The van der Waals surface area contributed by atoms with Crippen molar-refractivity contribution < 1.29 is 9.18 Å². The number of hydrogen-bond acceptors (Lipinski definition) is 1. The van der Waals surface area contributed by atoms with E-state index in [2.05, 4.69) is 5.32 Å². The van der Waals surface area contributed by atoms with Crippen LogP contribution in [0.4, 0.5) is 4.39 Å². The number of carbonyl (C=O) groups is 1. The molecule has 0 saturated heterocycles. The van der Waals surface area contributed by atoms with Gasteiger partial charge in [0, 0.05) is 17.0 Å². The van der Waals surface area contributed by atoms with E-state index < -0.39 is 0 Å². The Balaban J connectivity index is 1.54. The molecular formula is C17H15ClFNO. The molecule has 0 unspecified atom stereocenters. The van der Waals surface area contributed by atoms with Gasteiger partial charge in [-0.25, -0.2) is 4.39 Å². The number of benzene rings is 2. The van der Waals surface area contributed by atoms with E-state index in [-0.39, 0.29) is 24.2 Å². The van der Waals surface area contributed by atoms with Crippen LogP contribution in [-0.2, 0) is 11.2 Å². The van der Waals surface area contributed by atoms with Crippen molar-refractivity contribution in [2.45, 2.75) is 24.8 Å². The predicted octanol–water partition coefficient (Wildman–Crippen LogP) is 3.69. The Labute approximate surface area is 127 Å². The number of halogens is 2. The summed E-state index contributed by atoms with van der Waals surface area (Å²) in [5.74, 6) is 0.0272. The fourth-order valence-electron chi connectivity index (χ4n) is 2.51. The van der Waals surface area contributed by atoms with Crippen LogP contribution in [0.5, 0.6) is 0 Å². The quantitative estimate of drug-likeness (QED) is 0.917. The van der Waals surface area contributed by atoms with Crippen molar-refractivity contribution >= 4 is 17.5 Å². The summed E-state index contributed by atoms with van der Waals surface area (Å²) in [7, 11) is 0. The Bertz CT molecular complexity index is 656. The van der Waals surface area contributed by atoms with Gasteiger partial charge in [0.05, 0.1) is 6.42 Å². The highest BCUT2D eigenvalue weighted by molar-refractivity contribution is 6.30. The Morgan fingerprint density at radius 1 is 1.24 bits per heavy atom. The average molecular weight is 304 g/mol. The molecule has 0 heterocycles. The van der Waals surface area contributed by atoms with Gasteiger partial charge < -0.3 is 5.32 Å². The number of amides is 1. The molecule has 2 atom stereocenters. The van der Waals surface area contributed by atoms with Crippen LogP contribution in [0, 0.1) is 5.82 Å². The Morgan fingerprint density at radius 2 is 2.00 bits per heavy atom. The van der Waals surface area contributed by atoms with Gasteiger partial charge in [0.15, 0.2) is 0 Å². The molecule has 0 spiro atoms. The van der Waals surface area contributed by atoms with E-state index in [1.807, 2.05) is 24.3 Å². The van der Waals surface area contributed by atoms with Gasteiger partial charge in [-0.05, 0) is 41.8 Å². The normalized spacial score (nSPS) is 20.1. The molecule has 1 aliphatic rings. The number of rotatable bonds is 4. The third kappa shape index (κ3) is 3.61. The zero-order valence-electron chi connectivity index (χ0n) is 11.4. The second kappa shape index (κ2) is 5.86. The molecule has 0 bridgehead atoms. The largest absolute Gasteiger partial charge is 0.352 e. The zero-order valence-corrected chi connectivity index (χ0v) is 12.1. The lowest BCUT2D eigenvalue weighted by molar-refractivity contribution is -0.120. The van der Waals surface area contributed by atoms with Gasteiger partial charge in [0.2, 0.25) is 5.91 Å². The average Bonchev–Trinajstić information content (AvgIpc) is 3.20. The highest BCUT2D eigenvalue weighted by atomic mass is 35.5. The number of carbonyl (C=O) groups excluding carboxylic acids is 1. The molecule has 2 aromatic carbocycles. The lowest BCUT2D eigenvalue weighted by Crippen LogP contribution is -2.28. The van der Waals surface area contributed by atoms with Gasteiger partial charge in [-0.3, -0.25) is 4.79 Å². The van der Waals surface area contributed by atoms with Crippen LogP contribution in [0.3, 0.4) is 0 Å². The first-order valence-corrected chi connectivity index (χ1v) is 7.29. The van der Waals surface area contributed by atoms with E-state index in [1.54, 1.807) is 12.1 Å². The van der Waals surface area contributed by atoms with Gasteiger partial charge >= 0.3 is 0 Å². The molecule has 0 radical (unpaired) electrons. The van der Waals surface area contributed by atoms with Crippen LogP contribution in [0.1, 0.15) is 23.5 Å².